The van der Waals surface area contributed by atoms with Crippen molar-refractivity contribution in [2.24, 2.45) is 0 Å². The van der Waals surface area contributed by atoms with Gasteiger partial charge in [0.05, 0.1) is 25.7 Å². The van der Waals surface area contributed by atoms with E-state index in [9.17, 15) is 0 Å². The minimum atomic E-state index is -0.111. The highest BCUT2D eigenvalue weighted by atomic mass is 16.5. The number of benzene rings is 2. The third-order valence-corrected chi connectivity index (χ3v) is 3.78. The normalized spacial score (nSPS) is 16.7. The van der Waals surface area contributed by atoms with Crippen molar-refractivity contribution in [3.63, 3.8) is 0 Å². The standard InChI is InChI=1S/C16H17NO2/c1-18-15-5-3-2-4-14(15)16(10-19-11-16)12-6-8-13(17)9-7-12/h2-9H,10-11,17H2,1H3. The quantitative estimate of drug-likeness (QED) is 0.857. The Kier molecular flexibility index (Phi) is 2.91. The number of methoxy groups -OCH3 is 1. The summed E-state index contributed by atoms with van der Waals surface area (Å²) in [7, 11) is 1.70. The Balaban J connectivity index is 2.10. The van der Waals surface area contributed by atoms with E-state index in [1.165, 1.54) is 11.1 Å². The van der Waals surface area contributed by atoms with Gasteiger partial charge in [0.1, 0.15) is 5.75 Å². The minimum absolute atomic E-state index is 0.111. The van der Waals surface area contributed by atoms with Gasteiger partial charge in [0.25, 0.3) is 0 Å². The number of anilines is 1. The molecule has 3 nitrogen and oxygen atoms in total. The van der Waals surface area contributed by atoms with E-state index >= 15 is 0 Å². The van der Waals surface area contributed by atoms with Gasteiger partial charge in [-0.1, -0.05) is 30.3 Å². The van der Waals surface area contributed by atoms with Crippen LogP contribution in [0.25, 0.3) is 0 Å². The largest absolute Gasteiger partial charge is 0.496 e. The lowest BCUT2D eigenvalue weighted by Crippen LogP contribution is -2.47. The van der Waals surface area contributed by atoms with Crippen LogP contribution in [-0.4, -0.2) is 20.3 Å². The Morgan fingerprint density at radius 2 is 1.74 bits per heavy atom. The van der Waals surface area contributed by atoms with E-state index in [0.29, 0.717) is 13.2 Å². The fourth-order valence-electron chi connectivity index (χ4n) is 2.63. The third-order valence-electron chi connectivity index (χ3n) is 3.78. The van der Waals surface area contributed by atoms with Crippen molar-refractivity contribution in [2.75, 3.05) is 26.1 Å². The zero-order valence-electron chi connectivity index (χ0n) is 10.9. The van der Waals surface area contributed by atoms with Crippen LogP contribution in [0.15, 0.2) is 48.5 Å². The van der Waals surface area contributed by atoms with Crippen molar-refractivity contribution < 1.29 is 9.47 Å². The number of hydrogen-bond acceptors (Lipinski definition) is 3. The van der Waals surface area contributed by atoms with Crippen LogP contribution in [0.3, 0.4) is 0 Å². The second-order valence-electron chi connectivity index (χ2n) is 4.90. The van der Waals surface area contributed by atoms with E-state index in [2.05, 4.69) is 18.2 Å². The molecule has 0 radical (unpaired) electrons. The Hall–Kier alpha value is -2.00. The predicted molar refractivity (Wildman–Crippen MR) is 75.4 cm³/mol. The summed E-state index contributed by atoms with van der Waals surface area (Å²) < 4.78 is 11.0. The molecule has 0 amide bonds. The van der Waals surface area contributed by atoms with Gasteiger partial charge in [-0.2, -0.15) is 0 Å². The van der Waals surface area contributed by atoms with Crippen molar-refractivity contribution in [3.05, 3.63) is 59.7 Å². The van der Waals surface area contributed by atoms with E-state index in [0.717, 1.165) is 11.4 Å². The van der Waals surface area contributed by atoms with E-state index in [1.54, 1.807) is 7.11 Å². The highest BCUT2D eigenvalue weighted by Gasteiger charge is 2.43. The van der Waals surface area contributed by atoms with E-state index in [1.807, 2.05) is 30.3 Å². The van der Waals surface area contributed by atoms with Crippen LogP contribution in [0.1, 0.15) is 11.1 Å². The number of ether oxygens (including phenoxy) is 2. The first-order valence-electron chi connectivity index (χ1n) is 6.33. The Labute approximate surface area is 113 Å². The maximum atomic E-state index is 5.77. The van der Waals surface area contributed by atoms with Crippen molar-refractivity contribution in [2.45, 2.75) is 5.41 Å². The maximum Gasteiger partial charge on any atom is 0.123 e. The minimum Gasteiger partial charge on any atom is -0.496 e. The van der Waals surface area contributed by atoms with Gasteiger partial charge in [0.2, 0.25) is 0 Å². The molecule has 19 heavy (non-hydrogen) atoms. The molecule has 2 aromatic carbocycles. The van der Waals surface area contributed by atoms with Gasteiger partial charge in [-0.25, -0.2) is 0 Å². The summed E-state index contributed by atoms with van der Waals surface area (Å²) in [6, 6.07) is 16.1. The maximum absolute atomic E-state index is 5.77. The van der Waals surface area contributed by atoms with Gasteiger partial charge in [0, 0.05) is 11.3 Å². The molecular formula is C16H17NO2. The van der Waals surface area contributed by atoms with Gasteiger partial charge in [-0.3, -0.25) is 0 Å². The Morgan fingerprint density at radius 1 is 1.05 bits per heavy atom. The smallest absolute Gasteiger partial charge is 0.123 e. The van der Waals surface area contributed by atoms with E-state index in [4.69, 9.17) is 15.2 Å². The fraction of sp³-hybridized carbons (Fsp3) is 0.250. The van der Waals surface area contributed by atoms with Crippen LogP contribution in [0, 0.1) is 0 Å². The van der Waals surface area contributed by atoms with Crippen molar-refractivity contribution in [1.29, 1.82) is 0 Å². The lowest BCUT2D eigenvalue weighted by Gasteiger charge is -2.43. The topological polar surface area (TPSA) is 44.5 Å². The molecule has 2 N–H and O–H groups in total. The van der Waals surface area contributed by atoms with Crippen LogP contribution in [0.4, 0.5) is 5.69 Å². The summed E-state index contributed by atoms with van der Waals surface area (Å²) in [6.07, 6.45) is 0. The van der Waals surface area contributed by atoms with Gasteiger partial charge in [-0.15, -0.1) is 0 Å². The summed E-state index contributed by atoms with van der Waals surface area (Å²) in [5, 5.41) is 0. The lowest BCUT2D eigenvalue weighted by molar-refractivity contribution is -0.0388. The third kappa shape index (κ3) is 1.87. The first-order chi connectivity index (χ1) is 9.26. The van der Waals surface area contributed by atoms with Crippen LogP contribution < -0.4 is 10.5 Å². The molecule has 0 spiro atoms. The molecule has 0 aromatic heterocycles. The summed E-state index contributed by atoms with van der Waals surface area (Å²) >= 11 is 0. The van der Waals surface area contributed by atoms with Gasteiger partial charge in [-0.05, 0) is 23.8 Å². The van der Waals surface area contributed by atoms with E-state index in [-0.39, 0.29) is 5.41 Å². The molecule has 1 aliphatic rings. The average molecular weight is 255 g/mol. The summed E-state index contributed by atoms with van der Waals surface area (Å²) in [4.78, 5) is 0. The van der Waals surface area contributed by atoms with E-state index < -0.39 is 0 Å². The molecule has 1 saturated heterocycles. The average Bonchev–Trinajstić information content (AvgIpc) is 2.40. The highest BCUT2D eigenvalue weighted by Crippen LogP contribution is 2.43. The first-order valence-corrected chi connectivity index (χ1v) is 6.33. The zero-order chi connectivity index (χ0) is 13.3. The van der Waals surface area contributed by atoms with Crippen LogP contribution in [0.2, 0.25) is 0 Å². The molecule has 2 aromatic rings. The molecule has 0 aliphatic carbocycles. The highest BCUT2D eigenvalue weighted by molar-refractivity contribution is 5.51. The molecule has 0 saturated carbocycles. The van der Waals surface area contributed by atoms with Gasteiger partial charge in [0.15, 0.2) is 0 Å². The van der Waals surface area contributed by atoms with Crippen molar-refractivity contribution >= 4 is 5.69 Å². The second kappa shape index (κ2) is 4.59. The SMILES string of the molecule is COc1ccccc1C1(c2ccc(N)cc2)COC1. The molecule has 3 rings (SSSR count). The Morgan fingerprint density at radius 3 is 2.32 bits per heavy atom. The number of hydrogen-bond donors (Lipinski definition) is 1. The molecule has 98 valence electrons. The molecule has 0 atom stereocenters. The lowest BCUT2D eigenvalue weighted by atomic mass is 9.72. The molecule has 1 fully saturated rings. The molecule has 3 heteroatoms. The van der Waals surface area contributed by atoms with Gasteiger partial charge < -0.3 is 15.2 Å². The van der Waals surface area contributed by atoms with Crippen LogP contribution in [-0.2, 0) is 10.2 Å². The number of rotatable bonds is 3. The molecule has 0 unspecified atom stereocenters. The first kappa shape index (κ1) is 12.1. The predicted octanol–water partition coefficient (Wildman–Crippen LogP) is 2.59. The number of nitrogen functional groups attached to an aromatic ring is 1. The summed E-state index contributed by atoms with van der Waals surface area (Å²) in [6.45, 7) is 1.36. The second-order valence-corrected chi connectivity index (χ2v) is 4.90. The molecular weight excluding hydrogens is 238 g/mol. The Bertz CT molecular complexity index is 574. The monoisotopic (exact) mass is 255 g/mol. The van der Waals surface area contributed by atoms with Crippen molar-refractivity contribution in [3.8, 4) is 5.75 Å². The molecule has 0 bridgehead atoms. The molecule has 1 aliphatic heterocycles. The number of nitrogens with two attached hydrogens (primary N) is 1. The van der Waals surface area contributed by atoms with Gasteiger partial charge >= 0.3 is 0 Å². The zero-order valence-corrected chi connectivity index (χ0v) is 10.9. The summed E-state index contributed by atoms with van der Waals surface area (Å²) in [5.41, 5.74) is 8.83. The summed E-state index contributed by atoms with van der Waals surface area (Å²) in [5.74, 6) is 0.905. The van der Waals surface area contributed by atoms with Crippen molar-refractivity contribution in [1.82, 2.24) is 0 Å². The van der Waals surface area contributed by atoms with Crippen LogP contribution in [0.5, 0.6) is 5.75 Å². The van der Waals surface area contributed by atoms with Crippen LogP contribution >= 0.6 is 0 Å². The molecule has 1 heterocycles. The number of para-hydroxylation sites is 1. The fourth-order valence-corrected chi connectivity index (χ4v) is 2.63.